The molecule has 2 heterocycles. The highest BCUT2D eigenvalue weighted by Crippen LogP contribution is 2.34. The molecule has 2 aliphatic rings. The molecule has 3 heteroatoms. The minimum Gasteiger partial charge on any atom is -0.379 e. The van der Waals surface area contributed by atoms with E-state index in [0.717, 1.165) is 25.0 Å². The molecule has 0 spiro atoms. The number of thiophene rings is 1. The van der Waals surface area contributed by atoms with Crippen LogP contribution in [0.25, 0.3) is 5.70 Å². The lowest BCUT2D eigenvalue weighted by molar-refractivity contribution is -0.119. The van der Waals surface area contributed by atoms with Crippen molar-refractivity contribution >= 4 is 22.8 Å². The highest BCUT2D eigenvalue weighted by Gasteiger charge is 2.29. The van der Waals surface area contributed by atoms with Gasteiger partial charge in [0.15, 0.2) is 5.78 Å². The van der Waals surface area contributed by atoms with Gasteiger partial charge in [-0.2, -0.15) is 0 Å². The number of nitrogens with one attached hydrogen (secondary N) is 1. The van der Waals surface area contributed by atoms with E-state index in [4.69, 9.17) is 0 Å². The van der Waals surface area contributed by atoms with Crippen molar-refractivity contribution in [3.63, 3.8) is 0 Å². The zero-order valence-electron chi connectivity index (χ0n) is 12.4. The number of carbonyl (C=O) groups excluding carboxylic acids is 1. The summed E-state index contributed by atoms with van der Waals surface area (Å²) in [6, 6.07) is 2.14. The van der Waals surface area contributed by atoms with Crippen LogP contribution in [0.5, 0.6) is 0 Å². The van der Waals surface area contributed by atoms with Gasteiger partial charge in [-0.25, -0.2) is 0 Å². The fraction of sp³-hybridized carbons (Fsp3) is 0.588. The molecule has 1 N–H and O–H groups in total. The Bertz CT molecular complexity index is 535. The highest BCUT2D eigenvalue weighted by atomic mass is 32.1. The Hall–Kier alpha value is -1.09. The number of carbonyl (C=O) groups is 1. The van der Waals surface area contributed by atoms with Crippen LogP contribution in [0.1, 0.15) is 56.4 Å². The van der Waals surface area contributed by atoms with E-state index in [9.17, 15) is 4.79 Å². The molecular weight excluding hydrogens is 266 g/mol. The van der Waals surface area contributed by atoms with Gasteiger partial charge in [-0.3, -0.25) is 4.79 Å². The molecule has 1 aromatic rings. The molecule has 1 aliphatic heterocycles. The first-order chi connectivity index (χ1) is 9.55. The Morgan fingerprint density at radius 2 is 2.10 bits per heavy atom. The molecule has 0 bridgehead atoms. The average molecular weight is 289 g/mol. The van der Waals surface area contributed by atoms with E-state index in [1.807, 2.05) is 6.08 Å². The molecule has 3 rings (SSSR count). The van der Waals surface area contributed by atoms with Crippen molar-refractivity contribution in [1.82, 2.24) is 5.32 Å². The highest BCUT2D eigenvalue weighted by molar-refractivity contribution is 7.10. The zero-order chi connectivity index (χ0) is 14.2. The van der Waals surface area contributed by atoms with Gasteiger partial charge in [0.05, 0.1) is 0 Å². The second kappa shape index (κ2) is 5.36. The maximum atomic E-state index is 12.5. The summed E-state index contributed by atoms with van der Waals surface area (Å²) >= 11 is 1.80. The standard InChI is InChI=1S/C17H23NOS/c1-17(2)11-16-13(8-9-20-16)14(18-17)10-15(19)12-6-4-3-5-7-12/h8-10,12,18H,3-7,11H2,1-2H3/b14-10-. The molecule has 0 saturated heterocycles. The summed E-state index contributed by atoms with van der Waals surface area (Å²) in [5.41, 5.74) is 2.31. The van der Waals surface area contributed by atoms with Crippen molar-refractivity contribution in [3.8, 4) is 0 Å². The van der Waals surface area contributed by atoms with Crippen LogP contribution in [0, 0.1) is 5.92 Å². The predicted molar refractivity (Wildman–Crippen MR) is 84.8 cm³/mol. The Morgan fingerprint density at radius 3 is 2.85 bits per heavy atom. The molecule has 0 atom stereocenters. The van der Waals surface area contributed by atoms with Crippen molar-refractivity contribution in [1.29, 1.82) is 0 Å². The largest absolute Gasteiger partial charge is 0.379 e. The summed E-state index contributed by atoms with van der Waals surface area (Å²) in [7, 11) is 0. The molecule has 0 amide bonds. The summed E-state index contributed by atoms with van der Waals surface area (Å²) in [5.74, 6) is 0.576. The lowest BCUT2D eigenvalue weighted by Gasteiger charge is -2.34. The Morgan fingerprint density at radius 1 is 1.35 bits per heavy atom. The topological polar surface area (TPSA) is 29.1 Å². The number of hydrogen-bond donors (Lipinski definition) is 1. The predicted octanol–water partition coefficient (Wildman–Crippen LogP) is 4.16. The molecular formula is C17H23NOS. The SMILES string of the molecule is CC1(C)Cc2sccc2/C(=C/C(=O)C2CCCCC2)N1. The van der Waals surface area contributed by atoms with Crippen LogP contribution >= 0.6 is 11.3 Å². The molecule has 108 valence electrons. The van der Waals surface area contributed by atoms with Crippen LogP contribution in [0.2, 0.25) is 0 Å². The van der Waals surface area contributed by atoms with Gasteiger partial charge in [-0.1, -0.05) is 19.3 Å². The van der Waals surface area contributed by atoms with Crippen LogP contribution in [0.4, 0.5) is 0 Å². The lowest BCUT2D eigenvalue weighted by Crippen LogP contribution is -2.43. The monoisotopic (exact) mass is 289 g/mol. The number of rotatable bonds is 2. The van der Waals surface area contributed by atoms with E-state index in [0.29, 0.717) is 5.78 Å². The van der Waals surface area contributed by atoms with Gasteiger partial charge in [-0.15, -0.1) is 11.3 Å². The van der Waals surface area contributed by atoms with E-state index in [1.165, 1.54) is 29.7 Å². The van der Waals surface area contributed by atoms with Crippen LogP contribution in [0.3, 0.4) is 0 Å². The molecule has 0 aromatic carbocycles. The molecule has 1 fully saturated rings. The van der Waals surface area contributed by atoms with Gasteiger partial charge in [0, 0.05) is 40.1 Å². The first-order valence-corrected chi connectivity index (χ1v) is 8.54. The van der Waals surface area contributed by atoms with Crippen molar-refractivity contribution in [2.75, 3.05) is 0 Å². The van der Waals surface area contributed by atoms with Crippen molar-refractivity contribution < 1.29 is 4.79 Å². The number of allylic oxidation sites excluding steroid dienone is 1. The first-order valence-electron chi connectivity index (χ1n) is 7.66. The van der Waals surface area contributed by atoms with Gasteiger partial charge >= 0.3 is 0 Å². The number of ketones is 1. The smallest absolute Gasteiger partial charge is 0.160 e. The van der Waals surface area contributed by atoms with Crippen molar-refractivity contribution in [2.24, 2.45) is 5.92 Å². The quantitative estimate of drug-likeness (QED) is 0.828. The zero-order valence-corrected chi connectivity index (χ0v) is 13.2. The second-order valence-corrected chi connectivity index (χ2v) is 7.74. The van der Waals surface area contributed by atoms with E-state index in [-0.39, 0.29) is 11.5 Å². The van der Waals surface area contributed by atoms with Crippen LogP contribution in [-0.2, 0) is 11.2 Å². The Balaban J connectivity index is 1.85. The number of fused-ring (bicyclic) bond motifs is 1. The molecule has 1 saturated carbocycles. The van der Waals surface area contributed by atoms with E-state index < -0.39 is 0 Å². The molecule has 0 radical (unpaired) electrons. The Kier molecular flexibility index (Phi) is 3.72. The van der Waals surface area contributed by atoms with Gasteiger partial charge in [0.2, 0.25) is 0 Å². The fourth-order valence-electron chi connectivity index (χ4n) is 3.36. The number of hydrogen-bond acceptors (Lipinski definition) is 3. The van der Waals surface area contributed by atoms with Crippen molar-refractivity contribution in [3.05, 3.63) is 28.0 Å². The van der Waals surface area contributed by atoms with Gasteiger partial charge in [0.1, 0.15) is 0 Å². The second-order valence-electron chi connectivity index (χ2n) is 6.74. The summed E-state index contributed by atoms with van der Waals surface area (Å²) in [5, 5.41) is 5.68. The molecule has 1 aliphatic carbocycles. The molecule has 20 heavy (non-hydrogen) atoms. The van der Waals surface area contributed by atoms with E-state index >= 15 is 0 Å². The third-order valence-electron chi connectivity index (χ3n) is 4.41. The minimum absolute atomic E-state index is 0.0382. The fourth-order valence-corrected chi connectivity index (χ4v) is 4.47. The summed E-state index contributed by atoms with van der Waals surface area (Å²) in [4.78, 5) is 13.9. The summed E-state index contributed by atoms with van der Waals surface area (Å²) in [6.45, 7) is 4.41. The lowest BCUT2D eigenvalue weighted by atomic mass is 9.85. The molecule has 1 aromatic heterocycles. The normalized spacial score (nSPS) is 24.2. The van der Waals surface area contributed by atoms with Crippen LogP contribution < -0.4 is 5.32 Å². The van der Waals surface area contributed by atoms with Crippen LogP contribution in [-0.4, -0.2) is 11.3 Å². The summed E-state index contributed by atoms with van der Waals surface area (Å²) in [6.07, 6.45) is 8.77. The maximum absolute atomic E-state index is 12.5. The van der Waals surface area contributed by atoms with Crippen molar-refractivity contribution in [2.45, 2.75) is 57.9 Å². The third kappa shape index (κ3) is 2.83. The third-order valence-corrected chi connectivity index (χ3v) is 5.33. The molecule has 2 nitrogen and oxygen atoms in total. The van der Waals surface area contributed by atoms with Gasteiger partial charge < -0.3 is 5.32 Å². The van der Waals surface area contributed by atoms with Gasteiger partial charge in [0.25, 0.3) is 0 Å². The van der Waals surface area contributed by atoms with E-state index in [1.54, 1.807) is 11.3 Å². The molecule has 0 unspecified atom stereocenters. The van der Waals surface area contributed by atoms with Crippen LogP contribution in [0.15, 0.2) is 17.5 Å². The Labute approximate surface area is 125 Å². The summed E-state index contributed by atoms with van der Waals surface area (Å²) < 4.78 is 0. The van der Waals surface area contributed by atoms with E-state index in [2.05, 4.69) is 30.6 Å². The first kappa shape index (κ1) is 13.9. The minimum atomic E-state index is 0.0382. The maximum Gasteiger partial charge on any atom is 0.160 e. The average Bonchev–Trinajstić information content (AvgIpc) is 2.86. The van der Waals surface area contributed by atoms with Gasteiger partial charge in [-0.05, 0) is 38.1 Å².